The zero-order valence-electron chi connectivity index (χ0n) is 5.57. The Labute approximate surface area is 58.3 Å². The lowest BCUT2D eigenvalue weighted by Gasteiger charge is -1.85. The molecule has 0 spiro atoms. The Morgan fingerprint density at radius 2 is 2.50 bits per heavy atom. The minimum absolute atomic E-state index is 0.872. The van der Waals surface area contributed by atoms with E-state index < -0.39 is 0 Å². The van der Waals surface area contributed by atoms with Crippen molar-refractivity contribution < 1.29 is 0 Å². The summed E-state index contributed by atoms with van der Waals surface area (Å²) in [5, 5.41) is 4.14. The highest BCUT2D eigenvalue weighted by Gasteiger charge is 1.93. The number of hydrogen-bond donors (Lipinski definition) is 0. The van der Waals surface area contributed by atoms with E-state index in [-0.39, 0.29) is 0 Å². The maximum atomic E-state index is 4.14. The lowest BCUT2D eigenvalue weighted by molar-refractivity contribution is 0.915. The molecule has 0 aliphatic heterocycles. The Balaban J connectivity index is 2.88. The van der Waals surface area contributed by atoms with Crippen LogP contribution >= 0.6 is 0 Å². The first kappa shape index (κ1) is 5.41. The minimum atomic E-state index is 0.872. The second-order valence-corrected chi connectivity index (χ2v) is 2.14. The van der Waals surface area contributed by atoms with Crippen molar-refractivity contribution in [1.29, 1.82) is 0 Å². The molecule has 2 aromatic heterocycles. The van der Waals surface area contributed by atoms with Crippen LogP contribution in [0.1, 0.15) is 5.69 Å². The Hall–Kier alpha value is -1.38. The van der Waals surface area contributed by atoms with Gasteiger partial charge >= 0.3 is 0 Å². The smallest absolute Gasteiger partial charge is 0.155 e. The van der Waals surface area contributed by atoms with E-state index in [4.69, 9.17) is 0 Å². The summed E-state index contributed by atoms with van der Waals surface area (Å²) in [6, 6.07) is 4.76. The fourth-order valence-corrected chi connectivity index (χ4v) is 0.902. The van der Waals surface area contributed by atoms with Crippen molar-refractivity contribution in [3.63, 3.8) is 0 Å². The highest BCUT2D eigenvalue weighted by atomic mass is 15.2. The van der Waals surface area contributed by atoms with Gasteiger partial charge in [-0.15, -0.1) is 0 Å². The van der Waals surface area contributed by atoms with Crippen LogP contribution < -0.4 is 0 Å². The lowest BCUT2D eigenvalue weighted by Crippen LogP contribution is -1.86. The Kier molecular flexibility index (Phi) is 0.974. The summed E-state index contributed by atoms with van der Waals surface area (Å²) in [6.07, 6.45) is 3.39. The molecule has 0 aromatic carbocycles. The lowest BCUT2D eigenvalue weighted by atomic mass is 10.5. The number of fused-ring (bicyclic) bond motifs is 1. The molecule has 0 saturated heterocycles. The van der Waals surface area contributed by atoms with Crippen molar-refractivity contribution in [3.05, 3.63) is 30.2 Å². The molecule has 3 nitrogen and oxygen atoms in total. The zero-order valence-corrected chi connectivity index (χ0v) is 5.57. The first-order valence-electron chi connectivity index (χ1n) is 3.04. The van der Waals surface area contributed by atoms with Crippen LogP contribution in [0, 0.1) is 13.0 Å². The van der Waals surface area contributed by atoms with Crippen LogP contribution in [0.3, 0.4) is 0 Å². The monoisotopic (exact) mass is 132 g/mol. The number of rotatable bonds is 0. The first-order chi connectivity index (χ1) is 4.86. The molecule has 0 unspecified atom stereocenters. The molecule has 2 aromatic rings. The van der Waals surface area contributed by atoms with Crippen LogP contribution in [0.25, 0.3) is 5.65 Å². The van der Waals surface area contributed by atoms with Crippen molar-refractivity contribution in [2.24, 2.45) is 0 Å². The van der Waals surface area contributed by atoms with Gasteiger partial charge in [0.2, 0.25) is 0 Å². The molecule has 0 N–H and O–H groups in total. The van der Waals surface area contributed by atoms with Crippen molar-refractivity contribution in [2.45, 2.75) is 6.92 Å². The molecule has 0 amide bonds. The standard InChI is InChI=1S/C7H6N3/c1-6-5-7-8-3-2-4-10(7)9-6/h3-5H,1H3. The van der Waals surface area contributed by atoms with Crippen molar-refractivity contribution in [2.75, 3.05) is 0 Å². The summed E-state index contributed by atoms with van der Waals surface area (Å²) >= 11 is 0. The largest absolute Gasteiger partial charge is 0.236 e. The molecule has 0 aliphatic carbocycles. The van der Waals surface area contributed by atoms with E-state index >= 15 is 0 Å². The summed E-state index contributed by atoms with van der Waals surface area (Å²) < 4.78 is 1.70. The summed E-state index contributed by atoms with van der Waals surface area (Å²) in [7, 11) is 0. The van der Waals surface area contributed by atoms with Gasteiger partial charge in [-0.25, -0.2) is 9.50 Å². The van der Waals surface area contributed by atoms with Gasteiger partial charge in [-0.05, 0) is 6.92 Å². The first-order valence-corrected chi connectivity index (χ1v) is 3.04. The van der Waals surface area contributed by atoms with Gasteiger partial charge in [-0.3, -0.25) is 0 Å². The van der Waals surface area contributed by atoms with Gasteiger partial charge in [0.25, 0.3) is 0 Å². The van der Waals surface area contributed by atoms with Crippen LogP contribution in [-0.4, -0.2) is 14.6 Å². The second-order valence-electron chi connectivity index (χ2n) is 2.14. The second kappa shape index (κ2) is 1.80. The third kappa shape index (κ3) is 0.673. The van der Waals surface area contributed by atoms with E-state index in [9.17, 15) is 0 Å². The van der Waals surface area contributed by atoms with Crippen molar-refractivity contribution >= 4 is 5.65 Å². The molecule has 0 fully saturated rings. The molecule has 0 atom stereocenters. The maximum absolute atomic E-state index is 4.14. The van der Waals surface area contributed by atoms with Gasteiger partial charge in [-0.1, -0.05) is 0 Å². The maximum Gasteiger partial charge on any atom is 0.155 e. The van der Waals surface area contributed by atoms with Crippen molar-refractivity contribution in [3.8, 4) is 0 Å². The molecule has 1 radical (unpaired) electrons. The third-order valence-electron chi connectivity index (χ3n) is 1.31. The number of aromatic nitrogens is 3. The van der Waals surface area contributed by atoms with Crippen LogP contribution in [-0.2, 0) is 0 Å². The van der Waals surface area contributed by atoms with E-state index in [1.807, 2.05) is 13.0 Å². The van der Waals surface area contributed by atoms with Crippen LogP contribution in [0.5, 0.6) is 0 Å². The van der Waals surface area contributed by atoms with Gasteiger partial charge in [0.05, 0.1) is 5.69 Å². The van der Waals surface area contributed by atoms with E-state index in [0.29, 0.717) is 0 Å². The molecule has 0 bridgehead atoms. The summed E-state index contributed by atoms with van der Waals surface area (Å²) in [4.78, 5) is 4.05. The topological polar surface area (TPSA) is 30.2 Å². The molecule has 0 saturated carbocycles. The molecule has 10 heavy (non-hydrogen) atoms. The molecule has 2 rings (SSSR count). The normalized spacial score (nSPS) is 10.5. The molecular weight excluding hydrogens is 126 g/mol. The summed E-state index contributed by atoms with van der Waals surface area (Å²) in [6.45, 7) is 1.94. The van der Waals surface area contributed by atoms with Gasteiger partial charge in [-0.2, -0.15) is 5.10 Å². The van der Waals surface area contributed by atoms with E-state index in [1.165, 1.54) is 0 Å². The van der Waals surface area contributed by atoms with E-state index in [2.05, 4.69) is 16.1 Å². The predicted molar refractivity (Wildman–Crippen MR) is 36.6 cm³/mol. The molecule has 0 aliphatic rings. The van der Waals surface area contributed by atoms with Gasteiger partial charge in [0, 0.05) is 24.5 Å². The van der Waals surface area contributed by atoms with Gasteiger partial charge in [0.15, 0.2) is 5.65 Å². The Morgan fingerprint density at radius 3 is 3.30 bits per heavy atom. The number of nitrogens with zero attached hydrogens (tertiary/aromatic N) is 3. The molecule has 3 heteroatoms. The summed E-state index contributed by atoms with van der Waals surface area (Å²) in [5.74, 6) is 0. The minimum Gasteiger partial charge on any atom is -0.236 e. The van der Waals surface area contributed by atoms with E-state index in [1.54, 1.807) is 16.9 Å². The highest BCUT2D eigenvalue weighted by molar-refractivity contribution is 5.37. The zero-order chi connectivity index (χ0) is 6.97. The Bertz CT molecular complexity index is 317. The van der Waals surface area contributed by atoms with Gasteiger partial charge < -0.3 is 0 Å². The predicted octanol–water partition coefficient (Wildman–Crippen LogP) is 0.838. The van der Waals surface area contributed by atoms with Crippen LogP contribution in [0.15, 0.2) is 18.5 Å². The molecule has 2 heterocycles. The van der Waals surface area contributed by atoms with Crippen molar-refractivity contribution in [1.82, 2.24) is 14.6 Å². The number of hydrogen-bond acceptors (Lipinski definition) is 2. The summed E-state index contributed by atoms with van der Waals surface area (Å²) in [5.41, 5.74) is 1.85. The molecular formula is C7H6N3. The average Bonchev–Trinajstić information content (AvgIpc) is 2.27. The Morgan fingerprint density at radius 1 is 1.60 bits per heavy atom. The van der Waals surface area contributed by atoms with Gasteiger partial charge in [0.1, 0.15) is 0 Å². The highest BCUT2D eigenvalue weighted by Crippen LogP contribution is 1.99. The fraction of sp³-hybridized carbons (Fsp3) is 0.143. The quantitative estimate of drug-likeness (QED) is 0.531. The average molecular weight is 132 g/mol. The van der Waals surface area contributed by atoms with Crippen LogP contribution in [0.2, 0.25) is 0 Å². The SMILES string of the molecule is Cc1cc2nc[c]cn2n1. The molecule has 49 valence electrons. The van der Waals surface area contributed by atoms with E-state index in [0.717, 1.165) is 11.3 Å². The van der Waals surface area contributed by atoms with Crippen LogP contribution in [0.4, 0.5) is 0 Å². The fourth-order valence-electron chi connectivity index (χ4n) is 0.902. The third-order valence-corrected chi connectivity index (χ3v) is 1.31. The number of aryl methyl sites for hydroxylation is 1.